The van der Waals surface area contributed by atoms with E-state index in [1.165, 1.54) is 6.07 Å². The topological polar surface area (TPSA) is 36.4 Å². The van der Waals surface area contributed by atoms with Crippen molar-refractivity contribution in [2.75, 3.05) is 13.6 Å². The standard InChI is InChI=1S/C15H19FN2OS/c1-11(7-18(2)8-12-9-20-10-17-12)15(19)13-5-3-4-6-14(13)16/h3-6,9-11,15,19H,7-8H2,1-2H3. The van der Waals surface area contributed by atoms with Crippen LogP contribution in [0.15, 0.2) is 35.2 Å². The molecule has 0 spiro atoms. The quantitative estimate of drug-likeness (QED) is 0.889. The average molecular weight is 294 g/mol. The first-order chi connectivity index (χ1) is 9.58. The minimum Gasteiger partial charge on any atom is -0.388 e. The molecule has 1 heterocycles. The first-order valence-corrected chi connectivity index (χ1v) is 7.50. The van der Waals surface area contributed by atoms with E-state index in [-0.39, 0.29) is 11.7 Å². The van der Waals surface area contributed by atoms with Gasteiger partial charge >= 0.3 is 0 Å². The maximum Gasteiger partial charge on any atom is 0.129 e. The van der Waals surface area contributed by atoms with Gasteiger partial charge in [0.15, 0.2) is 0 Å². The molecule has 2 rings (SSSR count). The van der Waals surface area contributed by atoms with E-state index in [0.717, 1.165) is 12.2 Å². The highest BCUT2D eigenvalue weighted by atomic mass is 32.1. The average Bonchev–Trinajstić information content (AvgIpc) is 2.91. The molecular formula is C15H19FN2OS. The van der Waals surface area contributed by atoms with Crippen molar-refractivity contribution >= 4 is 11.3 Å². The van der Waals surface area contributed by atoms with Crippen molar-refractivity contribution in [2.45, 2.75) is 19.6 Å². The van der Waals surface area contributed by atoms with Crippen molar-refractivity contribution < 1.29 is 9.50 Å². The lowest BCUT2D eigenvalue weighted by molar-refractivity contribution is 0.0899. The molecule has 20 heavy (non-hydrogen) atoms. The Bertz CT molecular complexity index is 532. The molecule has 0 saturated carbocycles. The Kier molecular flexibility index (Phi) is 5.23. The highest BCUT2D eigenvalue weighted by molar-refractivity contribution is 7.07. The number of thiazole rings is 1. The first-order valence-electron chi connectivity index (χ1n) is 6.56. The lowest BCUT2D eigenvalue weighted by Gasteiger charge is -2.25. The smallest absolute Gasteiger partial charge is 0.129 e. The Hall–Kier alpha value is -1.30. The fourth-order valence-electron chi connectivity index (χ4n) is 2.27. The molecule has 5 heteroatoms. The molecule has 1 aromatic carbocycles. The van der Waals surface area contributed by atoms with Gasteiger partial charge in [-0.15, -0.1) is 11.3 Å². The summed E-state index contributed by atoms with van der Waals surface area (Å²) in [5.74, 6) is -0.412. The lowest BCUT2D eigenvalue weighted by atomic mass is 9.96. The van der Waals surface area contributed by atoms with Crippen molar-refractivity contribution in [3.63, 3.8) is 0 Å². The lowest BCUT2D eigenvalue weighted by Crippen LogP contribution is -2.27. The fourth-order valence-corrected chi connectivity index (χ4v) is 2.82. The van der Waals surface area contributed by atoms with Crippen molar-refractivity contribution in [2.24, 2.45) is 5.92 Å². The summed E-state index contributed by atoms with van der Waals surface area (Å²) in [6.07, 6.45) is -0.797. The van der Waals surface area contributed by atoms with Crippen LogP contribution in [0.4, 0.5) is 4.39 Å². The van der Waals surface area contributed by atoms with Gasteiger partial charge in [0.1, 0.15) is 5.82 Å². The molecule has 2 unspecified atom stereocenters. The highest BCUT2D eigenvalue weighted by Crippen LogP contribution is 2.24. The van der Waals surface area contributed by atoms with E-state index in [1.54, 1.807) is 35.0 Å². The van der Waals surface area contributed by atoms with Crippen LogP contribution >= 0.6 is 11.3 Å². The summed E-state index contributed by atoms with van der Waals surface area (Å²) in [4.78, 5) is 6.32. The summed E-state index contributed by atoms with van der Waals surface area (Å²) < 4.78 is 13.7. The third-order valence-corrected chi connectivity index (χ3v) is 3.91. The molecule has 1 aromatic heterocycles. The van der Waals surface area contributed by atoms with Crippen LogP contribution in [0.5, 0.6) is 0 Å². The zero-order valence-corrected chi connectivity index (χ0v) is 12.5. The van der Waals surface area contributed by atoms with E-state index in [4.69, 9.17) is 0 Å². The molecule has 2 aromatic rings. The van der Waals surface area contributed by atoms with Crippen molar-refractivity contribution in [3.05, 3.63) is 52.2 Å². The SMILES string of the molecule is CC(CN(C)Cc1cscn1)C(O)c1ccccc1F. The number of halogens is 1. The molecule has 108 valence electrons. The van der Waals surface area contributed by atoms with Crippen LogP contribution in [0.3, 0.4) is 0 Å². The molecule has 2 atom stereocenters. The van der Waals surface area contributed by atoms with Crippen LogP contribution in [-0.2, 0) is 6.54 Å². The van der Waals surface area contributed by atoms with Gasteiger partial charge < -0.3 is 10.0 Å². The van der Waals surface area contributed by atoms with Gasteiger partial charge in [-0.25, -0.2) is 9.37 Å². The normalized spacial score (nSPS) is 14.4. The van der Waals surface area contributed by atoms with E-state index in [9.17, 15) is 9.50 Å². The second kappa shape index (κ2) is 6.92. The van der Waals surface area contributed by atoms with Crippen molar-refractivity contribution in [1.29, 1.82) is 0 Å². The second-order valence-electron chi connectivity index (χ2n) is 5.12. The van der Waals surface area contributed by atoms with Gasteiger partial charge in [0.05, 0.1) is 17.3 Å². The number of nitrogens with zero attached hydrogens (tertiary/aromatic N) is 2. The van der Waals surface area contributed by atoms with Crippen LogP contribution in [0.25, 0.3) is 0 Å². The van der Waals surface area contributed by atoms with Crippen molar-refractivity contribution in [1.82, 2.24) is 9.88 Å². The first kappa shape index (κ1) is 15.1. The number of aromatic nitrogens is 1. The van der Waals surface area contributed by atoms with Gasteiger partial charge in [-0.05, 0) is 19.0 Å². The summed E-state index contributed by atoms with van der Waals surface area (Å²) in [6, 6.07) is 6.39. The van der Waals surface area contributed by atoms with E-state index in [1.807, 2.05) is 19.4 Å². The van der Waals surface area contributed by atoms with E-state index < -0.39 is 6.10 Å². The Balaban J connectivity index is 1.94. The van der Waals surface area contributed by atoms with E-state index >= 15 is 0 Å². The molecular weight excluding hydrogens is 275 g/mol. The highest BCUT2D eigenvalue weighted by Gasteiger charge is 2.20. The molecule has 0 bridgehead atoms. The fraction of sp³-hybridized carbons (Fsp3) is 0.400. The number of hydrogen-bond acceptors (Lipinski definition) is 4. The van der Waals surface area contributed by atoms with Crippen LogP contribution in [0, 0.1) is 11.7 Å². The summed E-state index contributed by atoms with van der Waals surface area (Å²) in [7, 11) is 1.98. The number of aliphatic hydroxyl groups is 1. The minimum atomic E-state index is -0.797. The van der Waals surface area contributed by atoms with Crippen LogP contribution in [0.1, 0.15) is 24.3 Å². The Morgan fingerprint density at radius 3 is 2.80 bits per heavy atom. The van der Waals surface area contributed by atoms with Gasteiger partial charge in [0, 0.05) is 24.0 Å². The van der Waals surface area contributed by atoms with Gasteiger partial charge in [0.25, 0.3) is 0 Å². The van der Waals surface area contributed by atoms with Crippen molar-refractivity contribution in [3.8, 4) is 0 Å². The van der Waals surface area contributed by atoms with Gasteiger partial charge in [0.2, 0.25) is 0 Å². The monoisotopic (exact) mass is 294 g/mol. The maximum atomic E-state index is 13.7. The molecule has 0 aliphatic heterocycles. The van der Waals surface area contributed by atoms with E-state index in [0.29, 0.717) is 12.1 Å². The largest absolute Gasteiger partial charge is 0.388 e. The predicted octanol–water partition coefficient (Wildman–Crippen LogP) is 3.08. The molecule has 0 aliphatic rings. The number of benzene rings is 1. The number of rotatable bonds is 6. The van der Waals surface area contributed by atoms with Gasteiger partial charge in [-0.1, -0.05) is 25.1 Å². The Morgan fingerprint density at radius 2 is 2.15 bits per heavy atom. The van der Waals surface area contributed by atoms with Gasteiger partial charge in [-0.2, -0.15) is 0 Å². The zero-order chi connectivity index (χ0) is 14.5. The molecule has 1 N–H and O–H groups in total. The number of aliphatic hydroxyl groups excluding tert-OH is 1. The van der Waals surface area contributed by atoms with Crippen LogP contribution in [-0.4, -0.2) is 28.6 Å². The molecule has 0 saturated heterocycles. The Morgan fingerprint density at radius 1 is 1.40 bits per heavy atom. The molecule has 0 aliphatic carbocycles. The molecule has 3 nitrogen and oxygen atoms in total. The van der Waals surface area contributed by atoms with Gasteiger partial charge in [-0.3, -0.25) is 0 Å². The third-order valence-electron chi connectivity index (χ3n) is 3.28. The summed E-state index contributed by atoms with van der Waals surface area (Å²) >= 11 is 1.57. The Labute approximate surface area is 122 Å². The summed E-state index contributed by atoms with van der Waals surface area (Å²) in [5.41, 5.74) is 3.19. The maximum absolute atomic E-state index is 13.7. The second-order valence-corrected chi connectivity index (χ2v) is 5.84. The molecule has 0 radical (unpaired) electrons. The number of hydrogen-bond donors (Lipinski definition) is 1. The minimum absolute atomic E-state index is 0.0597. The molecule has 0 fully saturated rings. The summed E-state index contributed by atoms with van der Waals surface area (Å²) in [5, 5.41) is 12.3. The zero-order valence-electron chi connectivity index (χ0n) is 11.7. The van der Waals surface area contributed by atoms with Crippen LogP contribution in [0.2, 0.25) is 0 Å². The third kappa shape index (κ3) is 3.85. The predicted molar refractivity (Wildman–Crippen MR) is 79.0 cm³/mol. The molecule has 0 amide bonds. The summed E-state index contributed by atoms with van der Waals surface area (Å²) in [6.45, 7) is 3.33. The van der Waals surface area contributed by atoms with Crippen LogP contribution < -0.4 is 0 Å². The van der Waals surface area contributed by atoms with E-state index in [2.05, 4.69) is 9.88 Å².